The van der Waals surface area contributed by atoms with E-state index in [1.54, 1.807) is 22.8 Å². The fourth-order valence-corrected chi connectivity index (χ4v) is 4.85. The molecule has 0 amide bonds. The molecule has 0 bridgehead atoms. The molecular weight excluding hydrogens is 300 g/mol. The standard InChI is InChI=1S/C12H16N2O2S3/c1-2-9-3-4-17-12(9)7-14-19(15,16)11-5-10(6-13)18-8-11/h3-5,8,14H,2,6-7,13H2,1H3. The zero-order chi connectivity index (χ0) is 13.9. The third-order valence-electron chi connectivity index (χ3n) is 2.78. The molecule has 0 aromatic carbocycles. The fourth-order valence-electron chi connectivity index (χ4n) is 1.69. The highest BCUT2D eigenvalue weighted by Gasteiger charge is 2.16. The second kappa shape index (κ2) is 6.15. The van der Waals surface area contributed by atoms with Crippen molar-refractivity contribution in [3.05, 3.63) is 38.2 Å². The Kier molecular flexibility index (Phi) is 4.75. The van der Waals surface area contributed by atoms with E-state index in [1.807, 2.05) is 11.4 Å². The van der Waals surface area contributed by atoms with Gasteiger partial charge in [0.05, 0.1) is 4.90 Å². The second-order valence-electron chi connectivity index (χ2n) is 4.00. The van der Waals surface area contributed by atoms with Crippen LogP contribution in [0.15, 0.2) is 27.8 Å². The number of hydrogen-bond acceptors (Lipinski definition) is 5. The Morgan fingerprint density at radius 1 is 1.37 bits per heavy atom. The molecule has 0 fully saturated rings. The van der Waals surface area contributed by atoms with Crippen molar-refractivity contribution in [2.24, 2.45) is 5.73 Å². The Hall–Kier alpha value is -0.730. The summed E-state index contributed by atoms with van der Waals surface area (Å²) in [5, 5.41) is 3.61. The first-order valence-electron chi connectivity index (χ1n) is 5.89. The number of hydrogen-bond donors (Lipinski definition) is 2. The van der Waals surface area contributed by atoms with Gasteiger partial charge < -0.3 is 5.73 Å². The fraction of sp³-hybridized carbons (Fsp3) is 0.333. The van der Waals surface area contributed by atoms with Crippen LogP contribution in [0.25, 0.3) is 0 Å². The lowest BCUT2D eigenvalue weighted by molar-refractivity contribution is 0.582. The summed E-state index contributed by atoms with van der Waals surface area (Å²) in [6, 6.07) is 3.66. The van der Waals surface area contributed by atoms with Crippen molar-refractivity contribution in [2.75, 3.05) is 0 Å². The predicted octanol–water partition coefficient (Wildman–Crippen LogP) is 2.31. The highest BCUT2D eigenvalue weighted by molar-refractivity contribution is 7.89. The lowest BCUT2D eigenvalue weighted by Gasteiger charge is -2.05. The summed E-state index contributed by atoms with van der Waals surface area (Å²) in [5.41, 5.74) is 6.69. The van der Waals surface area contributed by atoms with Crippen molar-refractivity contribution >= 4 is 32.7 Å². The second-order valence-corrected chi connectivity index (χ2v) is 7.76. The van der Waals surface area contributed by atoms with Crippen LogP contribution in [-0.2, 0) is 29.5 Å². The van der Waals surface area contributed by atoms with E-state index in [9.17, 15) is 8.42 Å². The lowest BCUT2D eigenvalue weighted by atomic mass is 10.2. The van der Waals surface area contributed by atoms with E-state index in [1.165, 1.54) is 16.9 Å². The topological polar surface area (TPSA) is 72.2 Å². The van der Waals surface area contributed by atoms with Gasteiger partial charge in [0.15, 0.2) is 0 Å². The van der Waals surface area contributed by atoms with E-state index < -0.39 is 10.0 Å². The molecule has 0 atom stereocenters. The molecule has 19 heavy (non-hydrogen) atoms. The zero-order valence-corrected chi connectivity index (χ0v) is 13.0. The van der Waals surface area contributed by atoms with Gasteiger partial charge in [-0.2, -0.15) is 0 Å². The summed E-state index contributed by atoms with van der Waals surface area (Å²) in [5.74, 6) is 0. The Morgan fingerprint density at radius 2 is 2.16 bits per heavy atom. The molecule has 2 aromatic heterocycles. The van der Waals surface area contributed by atoms with E-state index >= 15 is 0 Å². The number of nitrogens with two attached hydrogens (primary N) is 1. The van der Waals surface area contributed by atoms with Crippen LogP contribution in [0.1, 0.15) is 22.2 Å². The maximum atomic E-state index is 12.1. The Labute approximate surface area is 121 Å². The van der Waals surface area contributed by atoms with Crippen LogP contribution in [0.4, 0.5) is 0 Å². The van der Waals surface area contributed by atoms with E-state index in [4.69, 9.17) is 5.73 Å². The van der Waals surface area contributed by atoms with Gasteiger partial charge in [-0.15, -0.1) is 22.7 Å². The van der Waals surface area contributed by atoms with Crippen LogP contribution in [-0.4, -0.2) is 8.42 Å². The van der Waals surface area contributed by atoms with E-state index in [2.05, 4.69) is 11.6 Å². The minimum absolute atomic E-state index is 0.299. The van der Waals surface area contributed by atoms with Crippen molar-refractivity contribution in [2.45, 2.75) is 31.3 Å². The smallest absolute Gasteiger partial charge is 0.241 e. The molecule has 3 N–H and O–H groups in total. The average Bonchev–Trinajstić information content (AvgIpc) is 3.05. The van der Waals surface area contributed by atoms with Gasteiger partial charge in [0.1, 0.15) is 0 Å². The molecule has 4 nitrogen and oxygen atoms in total. The summed E-state index contributed by atoms with van der Waals surface area (Å²) < 4.78 is 26.9. The molecule has 0 saturated heterocycles. The molecule has 0 unspecified atom stereocenters. The van der Waals surface area contributed by atoms with E-state index in [-0.39, 0.29) is 0 Å². The number of sulfonamides is 1. The van der Waals surface area contributed by atoms with Crippen LogP contribution in [0, 0.1) is 0 Å². The number of thiophene rings is 2. The van der Waals surface area contributed by atoms with Gasteiger partial charge in [0, 0.05) is 28.2 Å². The molecule has 2 aromatic rings. The van der Waals surface area contributed by atoms with Gasteiger partial charge in [-0.05, 0) is 29.5 Å². The van der Waals surface area contributed by atoms with Crippen molar-refractivity contribution in [1.82, 2.24) is 4.72 Å². The van der Waals surface area contributed by atoms with Gasteiger partial charge in [0.2, 0.25) is 10.0 Å². The van der Waals surface area contributed by atoms with Gasteiger partial charge >= 0.3 is 0 Å². The van der Waals surface area contributed by atoms with E-state index in [0.717, 1.165) is 16.2 Å². The normalized spacial score (nSPS) is 11.9. The monoisotopic (exact) mass is 316 g/mol. The van der Waals surface area contributed by atoms with Crippen LogP contribution >= 0.6 is 22.7 Å². The van der Waals surface area contributed by atoms with Crippen LogP contribution in [0.5, 0.6) is 0 Å². The third-order valence-corrected chi connectivity index (χ3v) is 6.23. The first kappa shape index (κ1) is 14.7. The summed E-state index contributed by atoms with van der Waals surface area (Å²) in [7, 11) is -3.44. The van der Waals surface area contributed by atoms with E-state index in [0.29, 0.717) is 18.0 Å². The third kappa shape index (κ3) is 3.43. The number of aryl methyl sites for hydroxylation is 1. The molecule has 0 radical (unpaired) electrons. The molecule has 2 heterocycles. The zero-order valence-electron chi connectivity index (χ0n) is 10.5. The molecule has 0 spiro atoms. The summed E-state index contributed by atoms with van der Waals surface area (Å²) >= 11 is 2.94. The van der Waals surface area contributed by atoms with Gasteiger partial charge in [0.25, 0.3) is 0 Å². The maximum absolute atomic E-state index is 12.1. The summed E-state index contributed by atoms with van der Waals surface area (Å²) in [6.07, 6.45) is 0.913. The molecule has 7 heteroatoms. The van der Waals surface area contributed by atoms with Crippen molar-refractivity contribution in [3.63, 3.8) is 0 Å². The van der Waals surface area contributed by atoms with Crippen molar-refractivity contribution in [3.8, 4) is 0 Å². The molecular formula is C12H16N2O2S3. The SMILES string of the molecule is CCc1ccsc1CNS(=O)(=O)c1csc(CN)c1. The molecule has 0 saturated carbocycles. The largest absolute Gasteiger partial charge is 0.326 e. The summed E-state index contributed by atoms with van der Waals surface area (Å²) in [6.45, 7) is 2.77. The molecule has 2 rings (SSSR count). The predicted molar refractivity (Wildman–Crippen MR) is 79.9 cm³/mol. The maximum Gasteiger partial charge on any atom is 0.241 e. The minimum atomic E-state index is -3.44. The quantitative estimate of drug-likeness (QED) is 0.859. The molecule has 104 valence electrons. The minimum Gasteiger partial charge on any atom is -0.326 e. The van der Waals surface area contributed by atoms with Gasteiger partial charge in [-0.3, -0.25) is 0 Å². The number of rotatable bonds is 6. The Bertz CT molecular complexity index is 643. The number of nitrogens with one attached hydrogen (secondary N) is 1. The molecule has 0 aliphatic rings. The highest BCUT2D eigenvalue weighted by atomic mass is 32.2. The van der Waals surface area contributed by atoms with Crippen LogP contribution in [0.3, 0.4) is 0 Å². The van der Waals surface area contributed by atoms with Crippen LogP contribution in [0.2, 0.25) is 0 Å². The van der Waals surface area contributed by atoms with Crippen molar-refractivity contribution < 1.29 is 8.42 Å². The first-order valence-corrected chi connectivity index (χ1v) is 9.13. The molecule has 0 aliphatic carbocycles. The average molecular weight is 316 g/mol. The summed E-state index contributed by atoms with van der Waals surface area (Å²) in [4.78, 5) is 2.23. The Morgan fingerprint density at radius 3 is 2.79 bits per heavy atom. The molecule has 0 aliphatic heterocycles. The van der Waals surface area contributed by atoms with Gasteiger partial charge in [-0.1, -0.05) is 6.92 Å². The van der Waals surface area contributed by atoms with Gasteiger partial charge in [-0.25, -0.2) is 13.1 Å². The first-order chi connectivity index (χ1) is 9.06. The van der Waals surface area contributed by atoms with Crippen LogP contribution < -0.4 is 10.5 Å². The van der Waals surface area contributed by atoms with Crippen molar-refractivity contribution in [1.29, 1.82) is 0 Å². The lowest BCUT2D eigenvalue weighted by Crippen LogP contribution is -2.22. The Balaban J connectivity index is 2.09. The highest BCUT2D eigenvalue weighted by Crippen LogP contribution is 2.21.